The number of amides is 2. The van der Waals surface area contributed by atoms with Crippen molar-refractivity contribution in [3.8, 4) is 11.3 Å². The summed E-state index contributed by atoms with van der Waals surface area (Å²) in [6.45, 7) is 6.66. The number of imidazole rings is 1. The molecule has 2 aromatic rings. The van der Waals surface area contributed by atoms with Crippen LogP contribution in [0.2, 0.25) is 0 Å². The van der Waals surface area contributed by atoms with Crippen LogP contribution < -0.4 is 5.32 Å². The lowest BCUT2D eigenvalue weighted by molar-refractivity contribution is -0.138. The van der Waals surface area contributed by atoms with Crippen LogP contribution in [-0.4, -0.2) is 39.4 Å². The predicted molar refractivity (Wildman–Crippen MR) is 112 cm³/mol. The fourth-order valence-corrected chi connectivity index (χ4v) is 4.32. The Balaban J connectivity index is 1.36. The van der Waals surface area contributed by atoms with E-state index in [0.717, 1.165) is 55.0 Å². The highest BCUT2D eigenvalue weighted by Crippen LogP contribution is 2.24. The summed E-state index contributed by atoms with van der Waals surface area (Å²) in [5.74, 6) is 1.20. The zero-order chi connectivity index (χ0) is 20.4. The summed E-state index contributed by atoms with van der Waals surface area (Å²) in [4.78, 5) is 31.5. The van der Waals surface area contributed by atoms with Crippen LogP contribution in [0.5, 0.6) is 0 Å². The van der Waals surface area contributed by atoms with Crippen LogP contribution in [0.4, 0.5) is 0 Å². The number of piperidine rings is 1. The summed E-state index contributed by atoms with van der Waals surface area (Å²) in [7, 11) is 0. The van der Waals surface area contributed by atoms with Gasteiger partial charge in [-0.25, -0.2) is 4.98 Å². The maximum atomic E-state index is 12.7. The molecule has 1 saturated heterocycles. The minimum Gasteiger partial charge on any atom is -0.352 e. The fraction of sp³-hybridized carbons (Fsp3) is 0.522. The summed E-state index contributed by atoms with van der Waals surface area (Å²) < 4.78 is 2.23. The molecule has 2 aliphatic heterocycles. The van der Waals surface area contributed by atoms with Crippen molar-refractivity contribution in [2.24, 2.45) is 11.8 Å². The molecule has 1 aromatic heterocycles. The van der Waals surface area contributed by atoms with Gasteiger partial charge in [-0.15, -0.1) is 0 Å². The van der Waals surface area contributed by atoms with E-state index in [-0.39, 0.29) is 23.7 Å². The number of likely N-dealkylation sites (tertiary alicyclic amines) is 1. The lowest BCUT2D eigenvalue weighted by atomic mass is 9.96. The molecule has 2 amide bonds. The average Bonchev–Trinajstić information content (AvgIpc) is 3.34. The number of hydrogen-bond donors (Lipinski definition) is 1. The van der Waals surface area contributed by atoms with Gasteiger partial charge in [0.1, 0.15) is 5.82 Å². The number of benzene rings is 1. The second kappa shape index (κ2) is 8.39. The van der Waals surface area contributed by atoms with E-state index in [1.165, 1.54) is 6.42 Å². The van der Waals surface area contributed by atoms with Crippen LogP contribution in [0.3, 0.4) is 0 Å². The van der Waals surface area contributed by atoms with Gasteiger partial charge >= 0.3 is 0 Å². The van der Waals surface area contributed by atoms with Crippen molar-refractivity contribution in [1.29, 1.82) is 0 Å². The van der Waals surface area contributed by atoms with Gasteiger partial charge in [-0.3, -0.25) is 9.59 Å². The van der Waals surface area contributed by atoms with Crippen molar-refractivity contribution >= 4 is 11.8 Å². The first-order valence-corrected chi connectivity index (χ1v) is 10.7. The van der Waals surface area contributed by atoms with Crippen molar-refractivity contribution in [3.63, 3.8) is 0 Å². The molecule has 1 unspecified atom stereocenters. The number of fused-ring (bicyclic) bond motifs is 1. The van der Waals surface area contributed by atoms with E-state index >= 15 is 0 Å². The molecule has 1 N–H and O–H groups in total. The standard InChI is InChI=1S/C23H30N4O2/c1-16(2)23(29)27-11-4-8-19(14-27)22(28)24-13-17-6-3-7-18(12-17)20-15-26-10-5-9-21(26)25-20/h3,6-7,12,15-16,19H,4-5,8-11,13-14H2,1-2H3,(H,24,28). The largest absolute Gasteiger partial charge is 0.352 e. The Morgan fingerprint density at radius 1 is 1.24 bits per heavy atom. The van der Waals surface area contributed by atoms with Crippen LogP contribution >= 0.6 is 0 Å². The van der Waals surface area contributed by atoms with E-state index in [2.05, 4.69) is 28.2 Å². The Labute approximate surface area is 172 Å². The molecule has 0 bridgehead atoms. The average molecular weight is 395 g/mol. The van der Waals surface area contributed by atoms with E-state index in [4.69, 9.17) is 4.98 Å². The third kappa shape index (κ3) is 4.36. The lowest BCUT2D eigenvalue weighted by Crippen LogP contribution is -2.46. The number of aryl methyl sites for hydroxylation is 2. The highest BCUT2D eigenvalue weighted by atomic mass is 16.2. The molecule has 0 saturated carbocycles. The maximum Gasteiger partial charge on any atom is 0.225 e. The summed E-state index contributed by atoms with van der Waals surface area (Å²) in [6, 6.07) is 8.22. The minimum atomic E-state index is -0.120. The zero-order valence-electron chi connectivity index (χ0n) is 17.4. The molecule has 0 spiro atoms. The van der Waals surface area contributed by atoms with Crippen molar-refractivity contribution in [2.75, 3.05) is 13.1 Å². The Hall–Kier alpha value is -2.63. The first kappa shape index (κ1) is 19.7. The zero-order valence-corrected chi connectivity index (χ0v) is 17.4. The number of nitrogens with zero attached hydrogens (tertiary/aromatic N) is 3. The molecule has 154 valence electrons. The first-order chi connectivity index (χ1) is 14.0. The van der Waals surface area contributed by atoms with Crippen molar-refractivity contribution < 1.29 is 9.59 Å². The van der Waals surface area contributed by atoms with Crippen LogP contribution in [0.25, 0.3) is 11.3 Å². The van der Waals surface area contributed by atoms with Gasteiger partial charge in [0.15, 0.2) is 0 Å². The van der Waals surface area contributed by atoms with Crippen molar-refractivity contribution in [3.05, 3.63) is 41.9 Å². The number of carbonyl (C=O) groups excluding carboxylic acids is 2. The topological polar surface area (TPSA) is 67.2 Å². The third-order valence-corrected chi connectivity index (χ3v) is 5.95. The quantitative estimate of drug-likeness (QED) is 0.848. The fourth-order valence-electron chi connectivity index (χ4n) is 4.32. The summed E-state index contributed by atoms with van der Waals surface area (Å²) in [5.41, 5.74) is 3.16. The third-order valence-electron chi connectivity index (χ3n) is 5.95. The minimum absolute atomic E-state index is 0.0242. The van der Waals surface area contributed by atoms with Crippen molar-refractivity contribution in [2.45, 2.75) is 52.6 Å². The van der Waals surface area contributed by atoms with Crippen LogP contribution in [0.15, 0.2) is 30.5 Å². The molecule has 29 heavy (non-hydrogen) atoms. The summed E-state index contributed by atoms with van der Waals surface area (Å²) in [6.07, 6.45) is 6.08. The number of hydrogen-bond acceptors (Lipinski definition) is 3. The van der Waals surface area contributed by atoms with Gasteiger partial charge in [-0.05, 0) is 30.9 Å². The lowest BCUT2D eigenvalue weighted by Gasteiger charge is -2.33. The number of rotatable bonds is 5. The van der Waals surface area contributed by atoms with E-state index < -0.39 is 0 Å². The Kier molecular flexibility index (Phi) is 5.69. The Morgan fingerprint density at radius 2 is 2.10 bits per heavy atom. The Bertz CT molecular complexity index is 881. The molecule has 0 radical (unpaired) electrons. The molecular formula is C23H30N4O2. The Morgan fingerprint density at radius 3 is 2.90 bits per heavy atom. The second-order valence-corrected chi connectivity index (χ2v) is 8.54. The molecule has 6 nitrogen and oxygen atoms in total. The molecule has 0 aliphatic carbocycles. The summed E-state index contributed by atoms with van der Waals surface area (Å²) >= 11 is 0. The monoisotopic (exact) mass is 394 g/mol. The normalized spacial score (nSPS) is 18.7. The molecular weight excluding hydrogens is 364 g/mol. The molecule has 1 atom stereocenters. The highest BCUT2D eigenvalue weighted by molar-refractivity contribution is 5.82. The van der Waals surface area contributed by atoms with Gasteiger partial charge in [0.2, 0.25) is 11.8 Å². The number of carbonyl (C=O) groups is 2. The van der Waals surface area contributed by atoms with Crippen LogP contribution in [0, 0.1) is 11.8 Å². The van der Waals surface area contributed by atoms with Crippen molar-refractivity contribution in [1.82, 2.24) is 19.8 Å². The predicted octanol–water partition coefficient (Wildman–Crippen LogP) is 3.01. The van der Waals surface area contributed by atoms with Gasteiger partial charge in [0, 0.05) is 50.3 Å². The molecule has 6 heteroatoms. The van der Waals surface area contributed by atoms with E-state index in [1.807, 2.05) is 30.9 Å². The SMILES string of the molecule is CC(C)C(=O)N1CCCC(C(=O)NCc2cccc(-c3cn4c(n3)CCC4)c2)C1. The van der Waals surface area contributed by atoms with Gasteiger partial charge in [-0.2, -0.15) is 0 Å². The second-order valence-electron chi connectivity index (χ2n) is 8.54. The maximum absolute atomic E-state index is 12.7. The molecule has 4 rings (SSSR count). The van der Waals surface area contributed by atoms with Gasteiger partial charge in [-0.1, -0.05) is 32.0 Å². The summed E-state index contributed by atoms with van der Waals surface area (Å²) in [5, 5.41) is 3.07. The van der Waals surface area contributed by atoms with E-state index in [9.17, 15) is 9.59 Å². The smallest absolute Gasteiger partial charge is 0.225 e. The molecule has 1 aromatic carbocycles. The van der Waals surface area contributed by atoms with Gasteiger partial charge in [0.25, 0.3) is 0 Å². The van der Waals surface area contributed by atoms with E-state index in [1.54, 1.807) is 0 Å². The van der Waals surface area contributed by atoms with Gasteiger partial charge in [0.05, 0.1) is 11.6 Å². The van der Waals surface area contributed by atoms with Crippen LogP contribution in [0.1, 0.15) is 44.5 Å². The molecule has 1 fully saturated rings. The van der Waals surface area contributed by atoms with E-state index in [0.29, 0.717) is 13.1 Å². The highest BCUT2D eigenvalue weighted by Gasteiger charge is 2.29. The first-order valence-electron chi connectivity index (χ1n) is 10.7. The molecule has 3 heterocycles. The van der Waals surface area contributed by atoms with Gasteiger partial charge < -0.3 is 14.8 Å². The van der Waals surface area contributed by atoms with Crippen LogP contribution in [-0.2, 0) is 29.1 Å². The number of aromatic nitrogens is 2. The molecule has 2 aliphatic rings. The number of nitrogens with one attached hydrogen (secondary N) is 1.